The zero-order valence-corrected chi connectivity index (χ0v) is 21.9. The summed E-state index contributed by atoms with van der Waals surface area (Å²) in [6, 6.07) is 22.4. The molecule has 0 saturated carbocycles. The van der Waals surface area contributed by atoms with Crippen LogP contribution in [0.4, 0.5) is 5.69 Å². The number of nitrogens with one attached hydrogen (secondary N) is 2. The number of ether oxygens (including phenoxy) is 1. The summed E-state index contributed by atoms with van der Waals surface area (Å²) >= 11 is 5.69. The maximum Gasteiger partial charge on any atom is 0.335 e. The zero-order valence-electron chi connectivity index (χ0n) is 21.0. The number of carboxylic acid groups (broad SMARTS) is 1. The quantitative estimate of drug-likeness (QED) is 0.250. The first kappa shape index (κ1) is 25.9. The van der Waals surface area contributed by atoms with Crippen LogP contribution in [0.5, 0.6) is 5.75 Å². The molecule has 10 heteroatoms. The van der Waals surface area contributed by atoms with Gasteiger partial charge in [-0.3, -0.25) is 9.78 Å². The van der Waals surface area contributed by atoms with Crippen LogP contribution < -0.4 is 15.4 Å². The Balaban J connectivity index is 1.41. The van der Waals surface area contributed by atoms with Gasteiger partial charge in [0.15, 0.2) is 5.11 Å². The van der Waals surface area contributed by atoms with Crippen LogP contribution in [0.3, 0.4) is 0 Å². The van der Waals surface area contributed by atoms with Crippen molar-refractivity contribution in [2.45, 2.75) is 18.5 Å². The normalized spacial score (nSPS) is 16.5. The molecule has 4 aromatic rings. The second-order valence-electron chi connectivity index (χ2n) is 8.91. The van der Waals surface area contributed by atoms with Crippen LogP contribution in [0.2, 0.25) is 0 Å². The minimum atomic E-state index is -1.01. The van der Waals surface area contributed by atoms with Gasteiger partial charge >= 0.3 is 5.97 Å². The lowest BCUT2D eigenvalue weighted by atomic mass is 10.0. The lowest BCUT2D eigenvalue weighted by Gasteiger charge is -2.26. The molecule has 0 bridgehead atoms. The molecule has 1 amide bonds. The molecule has 0 radical (unpaired) electrons. The standard InChI is InChI=1S/C29H26N4O5S/c1-37-23-11-3-2-9-20(23)31-25(34)14-16-33-27(26(32-29(33)39)21-10-4-5-15-30-21)24-13-12-22(38-24)18-7-6-8-19(17-18)28(35)36/h2-13,15,17,26-27H,14,16H2,1H3,(H,31,34)(H,32,39)(H,35,36)/t26-,27-/m0/s1. The number of aromatic nitrogens is 1. The SMILES string of the molecule is COc1ccccc1NC(=O)CCN1C(=S)N[C@@H](c2ccccn2)[C@@H]1c1ccc(-c2cccc(C(=O)O)c2)o1. The van der Waals surface area contributed by atoms with E-state index in [1.54, 1.807) is 49.7 Å². The predicted molar refractivity (Wildman–Crippen MR) is 150 cm³/mol. The molecular weight excluding hydrogens is 516 g/mol. The van der Waals surface area contributed by atoms with Crippen molar-refractivity contribution < 1.29 is 23.8 Å². The summed E-state index contributed by atoms with van der Waals surface area (Å²) in [7, 11) is 1.55. The van der Waals surface area contributed by atoms with E-state index in [0.717, 1.165) is 5.69 Å². The zero-order chi connectivity index (χ0) is 27.4. The van der Waals surface area contributed by atoms with E-state index in [0.29, 0.717) is 40.2 Å². The Labute approximate surface area is 230 Å². The fourth-order valence-corrected chi connectivity index (χ4v) is 4.94. The van der Waals surface area contributed by atoms with E-state index in [-0.39, 0.29) is 30.0 Å². The number of benzene rings is 2. The first-order valence-electron chi connectivity index (χ1n) is 12.3. The van der Waals surface area contributed by atoms with Gasteiger partial charge in [-0.25, -0.2) is 4.79 Å². The Morgan fingerprint density at radius 2 is 1.92 bits per heavy atom. The Hall–Kier alpha value is -4.70. The van der Waals surface area contributed by atoms with E-state index in [4.69, 9.17) is 21.4 Å². The van der Waals surface area contributed by atoms with Crippen molar-refractivity contribution in [2.24, 2.45) is 0 Å². The molecule has 5 rings (SSSR count). The number of furan rings is 1. The highest BCUT2D eigenvalue weighted by Crippen LogP contribution is 2.40. The predicted octanol–water partition coefficient (Wildman–Crippen LogP) is 5.05. The van der Waals surface area contributed by atoms with Crippen molar-refractivity contribution in [3.63, 3.8) is 0 Å². The van der Waals surface area contributed by atoms with Crippen LogP contribution in [0, 0.1) is 0 Å². The Morgan fingerprint density at radius 3 is 2.69 bits per heavy atom. The summed E-state index contributed by atoms with van der Waals surface area (Å²) in [5.41, 5.74) is 2.18. The number of aromatic carboxylic acids is 1. The van der Waals surface area contributed by atoms with Gasteiger partial charge in [-0.15, -0.1) is 0 Å². The highest BCUT2D eigenvalue weighted by atomic mass is 32.1. The molecule has 2 atom stereocenters. The highest BCUT2D eigenvalue weighted by Gasteiger charge is 2.41. The summed E-state index contributed by atoms with van der Waals surface area (Å²) in [5.74, 6) is 0.514. The number of carbonyl (C=O) groups is 2. The number of thiocarbonyl (C=S) groups is 1. The monoisotopic (exact) mass is 542 g/mol. The fourth-order valence-electron chi connectivity index (χ4n) is 4.61. The molecule has 0 unspecified atom stereocenters. The molecule has 1 aliphatic rings. The van der Waals surface area contributed by atoms with Gasteiger partial charge in [0, 0.05) is 24.7 Å². The number of carbonyl (C=O) groups excluding carboxylic acids is 1. The molecule has 0 aliphatic carbocycles. The van der Waals surface area contributed by atoms with Gasteiger partial charge < -0.3 is 29.8 Å². The van der Waals surface area contributed by atoms with E-state index < -0.39 is 5.97 Å². The second-order valence-corrected chi connectivity index (χ2v) is 9.29. The van der Waals surface area contributed by atoms with Crippen molar-refractivity contribution in [1.82, 2.24) is 15.2 Å². The van der Waals surface area contributed by atoms with E-state index in [1.165, 1.54) is 6.07 Å². The molecule has 3 heterocycles. The molecule has 198 valence electrons. The molecule has 2 aromatic heterocycles. The third-order valence-corrected chi connectivity index (χ3v) is 6.82. The maximum atomic E-state index is 12.9. The number of nitrogens with zero attached hydrogens (tertiary/aromatic N) is 2. The number of rotatable bonds is 9. The summed E-state index contributed by atoms with van der Waals surface area (Å²) in [4.78, 5) is 30.8. The van der Waals surface area contributed by atoms with Crippen molar-refractivity contribution in [2.75, 3.05) is 19.0 Å². The lowest BCUT2D eigenvalue weighted by molar-refractivity contribution is -0.116. The number of methoxy groups -OCH3 is 1. The maximum absolute atomic E-state index is 12.9. The van der Waals surface area contributed by atoms with Gasteiger partial charge in [-0.1, -0.05) is 30.3 Å². The number of hydrogen-bond acceptors (Lipinski definition) is 6. The van der Waals surface area contributed by atoms with Crippen LogP contribution in [-0.2, 0) is 4.79 Å². The minimum absolute atomic E-state index is 0.166. The van der Waals surface area contributed by atoms with Crippen LogP contribution in [-0.4, -0.2) is 45.6 Å². The second kappa shape index (κ2) is 11.4. The van der Waals surface area contributed by atoms with Crippen molar-refractivity contribution >= 4 is 34.9 Å². The van der Waals surface area contributed by atoms with E-state index >= 15 is 0 Å². The van der Waals surface area contributed by atoms with Crippen LogP contribution in [0.15, 0.2) is 89.5 Å². The molecule has 1 saturated heterocycles. The number of amides is 1. The summed E-state index contributed by atoms with van der Waals surface area (Å²) in [5, 5.41) is 16.1. The summed E-state index contributed by atoms with van der Waals surface area (Å²) in [6.45, 7) is 0.325. The largest absolute Gasteiger partial charge is 0.495 e. The third-order valence-electron chi connectivity index (χ3n) is 6.47. The first-order valence-corrected chi connectivity index (χ1v) is 12.7. The Bertz CT molecular complexity index is 1510. The molecule has 0 spiro atoms. The number of pyridine rings is 1. The fraction of sp³-hybridized carbons (Fsp3) is 0.172. The number of carboxylic acids is 1. The molecule has 39 heavy (non-hydrogen) atoms. The van der Waals surface area contributed by atoms with Gasteiger partial charge in [0.25, 0.3) is 0 Å². The first-order chi connectivity index (χ1) is 18.9. The van der Waals surface area contributed by atoms with Gasteiger partial charge in [-0.05, 0) is 60.7 Å². The average molecular weight is 543 g/mol. The average Bonchev–Trinajstić information content (AvgIpc) is 3.57. The van der Waals surface area contributed by atoms with Gasteiger partial charge in [0.05, 0.1) is 30.1 Å². The molecule has 3 N–H and O–H groups in total. The topological polar surface area (TPSA) is 117 Å². The molecule has 2 aromatic carbocycles. The van der Waals surface area contributed by atoms with Crippen molar-refractivity contribution in [1.29, 1.82) is 0 Å². The van der Waals surface area contributed by atoms with Gasteiger partial charge in [0.1, 0.15) is 23.3 Å². The van der Waals surface area contributed by atoms with Crippen LogP contribution in [0.1, 0.15) is 40.3 Å². The smallest absolute Gasteiger partial charge is 0.335 e. The molecule has 1 fully saturated rings. The van der Waals surface area contributed by atoms with Gasteiger partial charge in [-0.2, -0.15) is 0 Å². The highest BCUT2D eigenvalue weighted by molar-refractivity contribution is 7.80. The number of hydrogen-bond donors (Lipinski definition) is 3. The summed E-state index contributed by atoms with van der Waals surface area (Å²) < 4.78 is 11.6. The third kappa shape index (κ3) is 5.60. The van der Waals surface area contributed by atoms with Crippen molar-refractivity contribution in [3.05, 3.63) is 102 Å². The van der Waals surface area contributed by atoms with E-state index in [9.17, 15) is 14.7 Å². The Kier molecular flexibility index (Phi) is 7.55. The van der Waals surface area contributed by atoms with E-state index in [2.05, 4.69) is 15.6 Å². The Morgan fingerprint density at radius 1 is 1.10 bits per heavy atom. The van der Waals surface area contributed by atoms with Crippen LogP contribution >= 0.6 is 12.2 Å². The van der Waals surface area contributed by atoms with Crippen molar-refractivity contribution in [3.8, 4) is 17.1 Å². The van der Waals surface area contributed by atoms with Gasteiger partial charge in [0.2, 0.25) is 5.91 Å². The molecule has 1 aliphatic heterocycles. The summed E-state index contributed by atoms with van der Waals surface area (Å²) in [6.07, 6.45) is 1.88. The number of anilines is 1. The van der Waals surface area contributed by atoms with Crippen LogP contribution in [0.25, 0.3) is 11.3 Å². The number of para-hydroxylation sites is 2. The lowest BCUT2D eigenvalue weighted by Crippen LogP contribution is -2.32. The molecular formula is C29H26N4O5S. The minimum Gasteiger partial charge on any atom is -0.495 e. The molecule has 9 nitrogen and oxygen atoms in total. The van der Waals surface area contributed by atoms with E-state index in [1.807, 2.05) is 41.3 Å².